The van der Waals surface area contributed by atoms with Gasteiger partial charge >= 0.3 is 12.1 Å². The molecule has 0 spiro atoms. The third kappa shape index (κ3) is 5.88. The second-order valence-electron chi connectivity index (χ2n) is 8.34. The van der Waals surface area contributed by atoms with Crippen molar-refractivity contribution in [3.63, 3.8) is 0 Å². The lowest BCUT2D eigenvalue weighted by atomic mass is 10.1. The Kier molecular flexibility index (Phi) is 7.55. The standard InChI is InChI=1S/C25H21F4N5O4/c26-16-5-3-4-15(14-16)21(22(30)35)38-24(37)19-8-9-20(32-31-19)33-10-12-34(13-11-33)23(36)17-6-1-2-7-18(17)25(27,28)29/h1-9,14,21H,10-13H2,(H2,30,35). The van der Waals surface area contributed by atoms with Crippen molar-refractivity contribution in [2.45, 2.75) is 12.3 Å². The van der Waals surface area contributed by atoms with Crippen molar-refractivity contribution in [1.29, 1.82) is 0 Å². The first-order valence-corrected chi connectivity index (χ1v) is 11.3. The summed E-state index contributed by atoms with van der Waals surface area (Å²) in [4.78, 5) is 40.1. The Hall–Kier alpha value is -4.55. The molecule has 2 amide bonds. The lowest BCUT2D eigenvalue weighted by Gasteiger charge is -2.35. The molecule has 1 atom stereocenters. The minimum atomic E-state index is -4.65. The van der Waals surface area contributed by atoms with E-state index < -0.39 is 47.0 Å². The van der Waals surface area contributed by atoms with Crippen molar-refractivity contribution in [1.82, 2.24) is 15.1 Å². The van der Waals surface area contributed by atoms with Gasteiger partial charge in [0.1, 0.15) is 5.82 Å². The number of rotatable bonds is 6. The number of hydrogen-bond acceptors (Lipinski definition) is 7. The number of carbonyl (C=O) groups is 3. The van der Waals surface area contributed by atoms with E-state index in [-0.39, 0.29) is 37.4 Å². The van der Waals surface area contributed by atoms with E-state index in [0.29, 0.717) is 5.82 Å². The van der Waals surface area contributed by atoms with Gasteiger partial charge in [-0.2, -0.15) is 13.2 Å². The molecule has 3 aromatic rings. The predicted molar refractivity (Wildman–Crippen MR) is 125 cm³/mol. The molecule has 0 aliphatic carbocycles. The minimum absolute atomic E-state index is 0.0562. The van der Waals surface area contributed by atoms with E-state index in [1.807, 2.05) is 0 Å². The maximum absolute atomic E-state index is 13.5. The number of nitrogens with zero attached hydrogens (tertiary/aromatic N) is 4. The quantitative estimate of drug-likeness (QED) is 0.384. The van der Waals surface area contributed by atoms with Crippen LogP contribution in [0, 0.1) is 5.82 Å². The number of piperazine rings is 1. The van der Waals surface area contributed by atoms with Crippen molar-refractivity contribution in [2.24, 2.45) is 5.73 Å². The van der Waals surface area contributed by atoms with E-state index in [9.17, 15) is 31.9 Å². The molecular weight excluding hydrogens is 510 g/mol. The summed E-state index contributed by atoms with van der Waals surface area (Å²) in [6.45, 7) is 0.818. The number of carbonyl (C=O) groups excluding carboxylic acids is 3. The first-order chi connectivity index (χ1) is 18.0. The maximum atomic E-state index is 13.5. The third-order valence-corrected chi connectivity index (χ3v) is 5.85. The third-order valence-electron chi connectivity index (χ3n) is 5.85. The Morgan fingerprint density at radius 3 is 2.24 bits per heavy atom. The molecule has 1 aromatic heterocycles. The first kappa shape index (κ1) is 26.5. The van der Waals surface area contributed by atoms with Gasteiger partial charge in [0.25, 0.3) is 11.8 Å². The predicted octanol–water partition coefficient (Wildman–Crippen LogP) is 2.98. The van der Waals surface area contributed by atoms with Crippen LogP contribution in [0.4, 0.5) is 23.4 Å². The fourth-order valence-electron chi connectivity index (χ4n) is 3.96. The van der Waals surface area contributed by atoms with Gasteiger partial charge in [-0.15, -0.1) is 10.2 Å². The summed E-state index contributed by atoms with van der Waals surface area (Å²) in [5.74, 6) is -3.00. The fraction of sp³-hybridized carbons (Fsp3) is 0.240. The number of alkyl halides is 3. The topological polar surface area (TPSA) is 119 Å². The van der Waals surface area contributed by atoms with E-state index in [1.54, 1.807) is 4.90 Å². The van der Waals surface area contributed by atoms with Gasteiger partial charge < -0.3 is 20.3 Å². The molecule has 1 aliphatic rings. The molecule has 38 heavy (non-hydrogen) atoms. The molecule has 9 nitrogen and oxygen atoms in total. The van der Waals surface area contributed by atoms with Crippen LogP contribution in [0.5, 0.6) is 0 Å². The van der Waals surface area contributed by atoms with Gasteiger partial charge in [-0.1, -0.05) is 24.3 Å². The monoisotopic (exact) mass is 531 g/mol. The Labute approximate surface area is 213 Å². The first-order valence-electron chi connectivity index (χ1n) is 11.3. The average molecular weight is 531 g/mol. The van der Waals surface area contributed by atoms with E-state index in [2.05, 4.69) is 10.2 Å². The SMILES string of the molecule is NC(=O)C(OC(=O)c1ccc(N2CCN(C(=O)c3ccccc3C(F)(F)F)CC2)nn1)c1cccc(F)c1. The van der Waals surface area contributed by atoms with Crippen molar-refractivity contribution in [3.05, 3.63) is 88.9 Å². The Morgan fingerprint density at radius 1 is 0.921 bits per heavy atom. The number of anilines is 1. The molecule has 2 aromatic carbocycles. The number of halogens is 4. The highest BCUT2D eigenvalue weighted by molar-refractivity contribution is 5.96. The zero-order chi connectivity index (χ0) is 27.4. The van der Waals surface area contributed by atoms with Gasteiger partial charge in [0, 0.05) is 31.7 Å². The second kappa shape index (κ2) is 10.8. The summed E-state index contributed by atoms with van der Waals surface area (Å²) >= 11 is 0. The molecule has 0 bridgehead atoms. The molecule has 1 saturated heterocycles. The average Bonchev–Trinajstić information content (AvgIpc) is 2.90. The Balaban J connectivity index is 1.38. The van der Waals surface area contributed by atoms with Crippen LogP contribution >= 0.6 is 0 Å². The largest absolute Gasteiger partial charge is 0.443 e. The van der Waals surface area contributed by atoms with Crippen LogP contribution in [0.1, 0.15) is 38.1 Å². The smallest absolute Gasteiger partial charge is 0.417 e. The summed E-state index contributed by atoms with van der Waals surface area (Å²) in [6, 6.07) is 12.3. The summed E-state index contributed by atoms with van der Waals surface area (Å²) in [5, 5.41) is 7.80. The van der Waals surface area contributed by atoms with E-state index >= 15 is 0 Å². The summed E-state index contributed by atoms with van der Waals surface area (Å²) in [6.07, 6.45) is -6.19. The molecular formula is C25H21F4N5O4. The number of hydrogen-bond donors (Lipinski definition) is 1. The number of esters is 1. The van der Waals surface area contributed by atoms with Gasteiger partial charge in [0.15, 0.2) is 11.5 Å². The number of primary amides is 1. The number of ether oxygens (including phenoxy) is 1. The highest BCUT2D eigenvalue weighted by Crippen LogP contribution is 2.32. The highest BCUT2D eigenvalue weighted by Gasteiger charge is 2.36. The number of benzene rings is 2. The zero-order valence-electron chi connectivity index (χ0n) is 19.7. The van der Waals surface area contributed by atoms with Crippen LogP contribution in [0.2, 0.25) is 0 Å². The summed E-state index contributed by atoms with van der Waals surface area (Å²) in [7, 11) is 0. The second-order valence-corrected chi connectivity index (χ2v) is 8.34. The van der Waals surface area contributed by atoms with E-state index in [4.69, 9.17) is 10.5 Å². The Morgan fingerprint density at radius 2 is 1.63 bits per heavy atom. The van der Waals surface area contributed by atoms with Gasteiger partial charge in [0.2, 0.25) is 6.10 Å². The van der Waals surface area contributed by atoms with Crippen molar-refractivity contribution in [2.75, 3.05) is 31.1 Å². The number of aromatic nitrogens is 2. The minimum Gasteiger partial charge on any atom is -0.443 e. The molecule has 2 heterocycles. The van der Waals surface area contributed by atoms with Crippen LogP contribution < -0.4 is 10.6 Å². The van der Waals surface area contributed by atoms with Crippen LogP contribution in [-0.4, -0.2) is 59.1 Å². The molecule has 13 heteroatoms. The maximum Gasteiger partial charge on any atom is 0.417 e. The molecule has 2 N–H and O–H groups in total. The summed E-state index contributed by atoms with van der Waals surface area (Å²) < 4.78 is 58.5. The molecule has 0 radical (unpaired) electrons. The number of amides is 2. The van der Waals surface area contributed by atoms with Gasteiger partial charge in [-0.3, -0.25) is 9.59 Å². The van der Waals surface area contributed by atoms with Gasteiger partial charge in [0.05, 0.1) is 11.1 Å². The van der Waals surface area contributed by atoms with Gasteiger partial charge in [-0.25, -0.2) is 9.18 Å². The Bertz CT molecular complexity index is 1340. The van der Waals surface area contributed by atoms with Crippen molar-refractivity contribution >= 4 is 23.6 Å². The highest BCUT2D eigenvalue weighted by atomic mass is 19.4. The van der Waals surface area contributed by atoms with E-state index in [1.165, 1.54) is 41.3 Å². The van der Waals surface area contributed by atoms with E-state index in [0.717, 1.165) is 24.3 Å². The van der Waals surface area contributed by atoms with Crippen LogP contribution in [-0.2, 0) is 15.7 Å². The van der Waals surface area contributed by atoms with Crippen LogP contribution in [0.3, 0.4) is 0 Å². The lowest BCUT2D eigenvalue weighted by Crippen LogP contribution is -2.49. The van der Waals surface area contributed by atoms with Crippen LogP contribution in [0.25, 0.3) is 0 Å². The molecule has 4 rings (SSSR count). The molecule has 1 aliphatic heterocycles. The molecule has 0 saturated carbocycles. The van der Waals surface area contributed by atoms with Crippen molar-refractivity contribution in [3.8, 4) is 0 Å². The normalized spacial score (nSPS) is 14.6. The molecule has 1 fully saturated rings. The zero-order valence-corrected chi connectivity index (χ0v) is 19.7. The molecule has 198 valence electrons. The number of nitrogens with two attached hydrogens (primary N) is 1. The summed E-state index contributed by atoms with van der Waals surface area (Å²) in [5.41, 5.74) is 3.73. The molecule has 1 unspecified atom stereocenters. The fourth-order valence-corrected chi connectivity index (χ4v) is 3.96. The lowest BCUT2D eigenvalue weighted by molar-refractivity contribution is -0.138. The van der Waals surface area contributed by atoms with Crippen molar-refractivity contribution < 1.29 is 36.7 Å². The van der Waals surface area contributed by atoms with Crippen LogP contribution in [0.15, 0.2) is 60.7 Å². The van der Waals surface area contributed by atoms with Gasteiger partial charge in [-0.05, 0) is 36.4 Å².